The summed E-state index contributed by atoms with van der Waals surface area (Å²) in [4.78, 5) is 14.6. The summed E-state index contributed by atoms with van der Waals surface area (Å²) in [6.45, 7) is 1.26. The average Bonchev–Trinajstić information content (AvgIpc) is 2.62. The summed E-state index contributed by atoms with van der Waals surface area (Å²) < 4.78 is 13.6. The van der Waals surface area contributed by atoms with Crippen molar-refractivity contribution in [1.82, 2.24) is 10.6 Å². The van der Waals surface area contributed by atoms with Gasteiger partial charge in [-0.1, -0.05) is 30.3 Å². The number of nitrogens with one attached hydrogen (secondary N) is 3. The Hall–Kier alpha value is -2.43. The molecule has 2 rings (SSSR count). The van der Waals surface area contributed by atoms with E-state index in [2.05, 4.69) is 20.9 Å². The number of nitro groups is 1. The highest BCUT2D eigenvalue weighted by atomic mass is 127. The molecular weight excluding hydrogens is 452 g/mol. The molecule has 0 heterocycles. The monoisotopic (exact) mass is 473 g/mol. The summed E-state index contributed by atoms with van der Waals surface area (Å²) in [7, 11) is 1.62. The molecule has 0 unspecified atom stereocenters. The van der Waals surface area contributed by atoms with E-state index >= 15 is 0 Å². The van der Waals surface area contributed by atoms with E-state index in [0.29, 0.717) is 36.8 Å². The van der Waals surface area contributed by atoms with Gasteiger partial charge in [0.05, 0.1) is 4.92 Å². The number of hydrogen-bond acceptors (Lipinski definition) is 4. The molecule has 0 fully saturated rings. The maximum Gasteiger partial charge on any atom is 0.292 e. The molecule has 0 atom stereocenters. The Morgan fingerprint density at radius 2 is 1.81 bits per heavy atom. The minimum absolute atomic E-state index is 0. The van der Waals surface area contributed by atoms with Crippen LogP contribution in [0.25, 0.3) is 0 Å². The lowest BCUT2D eigenvalue weighted by atomic mass is 10.2. The zero-order chi connectivity index (χ0) is 18.1. The summed E-state index contributed by atoms with van der Waals surface area (Å²) in [5.74, 6) is 0.246. The lowest BCUT2D eigenvalue weighted by Crippen LogP contribution is -2.39. The first-order valence-corrected chi connectivity index (χ1v) is 7.77. The molecule has 0 aromatic heterocycles. The van der Waals surface area contributed by atoms with Gasteiger partial charge in [0, 0.05) is 38.3 Å². The highest BCUT2D eigenvalue weighted by Gasteiger charge is 2.11. The van der Waals surface area contributed by atoms with Crippen molar-refractivity contribution >= 4 is 41.3 Å². The van der Waals surface area contributed by atoms with Gasteiger partial charge in [0.2, 0.25) is 0 Å². The van der Waals surface area contributed by atoms with Crippen LogP contribution in [0.2, 0.25) is 0 Å². The molecule has 0 radical (unpaired) electrons. The predicted molar refractivity (Wildman–Crippen MR) is 112 cm³/mol. The molecule has 0 saturated carbocycles. The normalized spacial score (nSPS) is 10.6. The van der Waals surface area contributed by atoms with Gasteiger partial charge in [0.1, 0.15) is 11.5 Å². The second kappa shape index (κ2) is 11.2. The highest BCUT2D eigenvalue weighted by molar-refractivity contribution is 14.0. The van der Waals surface area contributed by atoms with Gasteiger partial charge >= 0.3 is 0 Å². The van der Waals surface area contributed by atoms with E-state index in [1.54, 1.807) is 43.4 Å². The lowest BCUT2D eigenvalue weighted by Gasteiger charge is -2.13. The van der Waals surface area contributed by atoms with Gasteiger partial charge in [0.25, 0.3) is 5.69 Å². The first kappa shape index (κ1) is 21.6. The van der Waals surface area contributed by atoms with Crippen molar-refractivity contribution in [1.29, 1.82) is 0 Å². The molecular formula is C17H21FIN5O2. The molecule has 26 heavy (non-hydrogen) atoms. The van der Waals surface area contributed by atoms with Crippen LogP contribution >= 0.6 is 24.0 Å². The Bertz CT molecular complexity index is 757. The summed E-state index contributed by atoms with van der Waals surface area (Å²) >= 11 is 0. The number of rotatable bonds is 7. The van der Waals surface area contributed by atoms with E-state index in [4.69, 9.17) is 0 Å². The van der Waals surface area contributed by atoms with Gasteiger partial charge in [0.15, 0.2) is 5.96 Å². The van der Waals surface area contributed by atoms with Crippen LogP contribution in [-0.2, 0) is 6.54 Å². The second-order valence-electron chi connectivity index (χ2n) is 5.14. The number of para-hydroxylation sites is 2. The smallest absolute Gasteiger partial charge is 0.292 e. The molecule has 9 heteroatoms. The number of benzene rings is 2. The first-order valence-electron chi connectivity index (χ1n) is 7.77. The van der Waals surface area contributed by atoms with Gasteiger partial charge < -0.3 is 16.0 Å². The van der Waals surface area contributed by atoms with Crippen LogP contribution in [-0.4, -0.2) is 31.0 Å². The van der Waals surface area contributed by atoms with Gasteiger partial charge in [-0.05, 0) is 12.1 Å². The Morgan fingerprint density at radius 3 is 2.50 bits per heavy atom. The Kier molecular flexibility index (Phi) is 9.34. The van der Waals surface area contributed by atoms with Crippen molar-refractivity contribution in [3.63, 3.8) is 0 Å². The molecule has 0 aliphatic rings. The molecule has 2 aromatic rings. The van der Waals surface area contributed by atoms with Crippen LogP contribution in [0.3, 0.4) is 0 Å². The van der Waals surface area contributed by atoms with Crippen molar-refractivity contribution < 1.29 is 9.31 Å². The number of guanidine groups is 1. The van der Waals surface area contributed by atoms with Crippen molar-refractivity contribution in [2.24, 2.45) is 4.99 Å². The maximum atomic E-state index is 13.6. The first-order chi connectivity index (χ1) is 12.1. The van der Waals surface area contributed by atoms with Crippen molar-refractivity contribution in [2.45, 2.75) is 6.54 Å². The summed E-state index contributed by atoms with van der Waals surface area (Å²) in [5, 5.41) is 20.0. The molecule has 0 aliphatic carbocycles. The number of nitrogens with zero attached hydrogens (tertiary/aromatic N) is 2. The molecule has 0 aliphatic heterocycles. The van der Waals surface area contributed by atoms with Gasteiger partial charge in [-0.15, -0.1) is 24.0 Å². The average molecular weight is 473 g/mol. The maximum absolute atomic E-state index is 13.6. The van der Waals surface area contributed by atoms with Crippen LogP contribution in [0.5, 0.6) is 0 Å². The molecule has 0 amide bonds. The molecule has 0 saturated heterocycles. The van der Waals surface area contributed by atoms with E-state index < -0.39 is 4.92 Å². The summed E-state index contributed by atoms with van der Waals surface area (Å²) in [5.41, 5.74) is 1.04. The fourth-order valence-corrected chi connectivity index (χ4v) is 2.20. The number of nitro benzene ring substituents is 1. The molecule has 7 nitrogen and oxygen atoms in total. The lowest BCUT2D eigenvalue weighted by molar-refractivity contribution is -0.384. The quantitative estimate of drug-likeness (QED) is 0.144. The minimum Gasteiger partial charge on any atom is -0.378 e. The van der Waals surface area contributed by atoms with Crippen LogP contribution < -0.4 is 16.0 Å². The van der Waals surface area contributed by atoms with Gasteiger partial charge in [-0.2, -0.15) is 0 Å². The molecule has 3 N–H and O–H groups in total. The van der Waals surface area contributed by atoms with Gasteiger partial charge in [-0.25, -0.2) is 4.39 Å². The van der Waals surface area contributed by atoms with Crippen molar-refractivity contribution in [3.05, 3.63) is 70.0 Å². The van der Waals surface area contributed by atoms with E-state index in [1.165, 1.54) is 12.1 Å². The third-order valence-electron chi connectivity index (χ3n) is 3.46. The number of aliphatic imine (C=N–C) groups is 1. The fourth-order valence-electron chi connectivity index (χ4n) is 2.20. The van der Waals surface area contributed by atoms with Crippen LogP contribution in [0.15, 0.2) is 53.5 Å². The van der Waals surface area contributed by atoms with Crippen LogP contribution in [0.4, 0.5) is 15.8 Å². The van der Waals surface area contributed by atoms with E-state index in [0.717, 1.165) is 0 Å². The third kappa shape index (κ3) is 6.47. The molecule has 140 valence electrons. The van der Waals surface area contributed by atoms with Gasteiger partial charge in [-0.3, -0.25) is 15.1 Å². The van der Waals surface area contributed by atoms with Crippen LogP contribution in [0.1, 0.15) is 5.56 Å². The fraction of sp³-hybridized carbons (Fsp3) is 0.235. The number of halogens is 2. The number of hydrogen-bond donors (Lipinski definition) is 3. The molecule has 0 bridgehead atoms. The zero-order valence-electron chi connectivity index (χ0n) is 14.2. The topological polar surface area (TPSA) is 91.6 Å². The molecule has 2 aromatic carbocycles. The second-order valence-corrected chi connectivity index (χ2v) is 5.14. The van der Waals surface area contributed by atoms with E-state index in [9.17, 15) is 14.5 Å². The Morgan fingerprint density at radius 1 is 1.12 bits per heavy atom. The van der Waals surface area contributed by atoms with Crippen LogP contribution in [0, 0.1) is 15.9 Å². The summed E-state index contributed by atoms with van der Waals surface area (Å²) in [6, 6.07) is 13.0. The largest absolute Gasteiger partial charge is 0.378 e. The van der Waals surface area contributed by atoms with Crippen molar-refractivity contribution in [2.75, 3.05) is 25.5 Å². The SMILES string of the molecule is CN=C(NCCNc1ccccc1[N+](=O)[O-])NCc1ccccc1F.I. The Balaban J connectivity index is 0.00000338. The molecule has 0 spiro atoms. The minimum atomic E-state index is -0.426. The predicted octanol–water partition coefficient (Wildman–Crippen LogP) is 3.13. The summed E-state index contributed by atoms with van der Waals surface area (Å²) in [6.07, 6.45) is 0. The number of anilines is 1. The van der Waals surface area contributed by atoms with Crippen molar-refractivity contribution in [3.8, 4) is 0 Å². The zero-order valence-corrected chi connectivity index (χ0v) is 16.6. The van der Waals surface area contributed by atoms with E-state index in [-0.39, 0.29) is 35.5 Å². The Labute approximate surface area is 168 Å². The van der Waals surface area contributed by atoms with E-state index in [1.807, 2.05) is 0 Å². The highest BCUT2D eigenvalue weighted by Crippen LogP contribution is 2.22. The third-order valence-corrected chi connectivity index (χ3v) is 3.46. The standard InChI is InChI=1S/C17H20FN5O2.HI/c1-19-17(22-12-13-6-2-3-7-14(13)18)21-11-10-20-15-8-4-5-9-16(15)23(24)25;/h2-9,20H,10-12H2,1H3,(H2,19,21,22);1H.